The fraction of sp³-hybridized carbons (Fsp3) is 0.167. The number of rotatable bonds is 4. The summed E-state index contributed by atoms with van der Waals surface area (Å²) in [6, 6.07) is 7.88. The number of nitrogens with zero attached hydrogens (tertiary/aromatic N) is 1. The van der Waals surface area contributed by atoms with Crippen LogP contribution in [-0.2, 0) is 6.42 Å². The Morgan fingerprint density at radius 2 is 2.24 bits per heavy atom. The lowest BCUT2D eigenvalue weighted by molar-refractivity contribution is 0.625. The third kappa shape index (κ3) is 3.41. The third-order valence-electron chi connectivity index (χ3n) is 2.30. The number of halogens is 1. The Morgan fingerprint density at radius 1 is 1.35 bits per heavy atom. The molecule has 0 amide bonds. The molecule has 0 fully saturated rings. The standard InChI is InChI=1S/C12H12FN3O/c13-10-3-1-2-9(6-10)4-5-14-11-7-12(17)16-15-8-11/h1-3,6-8H,4-5H2,(H2,14,16,17). The molecule has 0 aliphatic heterocycles. The van der Waals surface area contributed by atoms with Crippen LogP contribution in [0.5, 0.6) is 0 Å². The van der Waals surface area contributed by atoms with Gasteiger partial charge in [-0.2, -0.15) is 5.10 Å². The monoisotopic (exact) mass is 233 g/mol. The minimum atomic E-state index is -0.249. The van der Waals surface area contributed by atoms with Gasteiger partial charge in [0.15, 0.2) is 0 Å². The van der Waals surface area contributed by atoms with Gasteiger partial charge in [0.25, 0.3) is 5.56 Å². The summed E-state index contributed by atoms with van der Waals surface area (Å²) in [4.78, 5) is 11.0. The van der Waals surface area contributed by atoms with Gasteiger partial charge in [0.2, 0.25) is 0 Å². The van der Waals surface area contributed by atoms with E-state index in [4.69, 9.17) is 0 Å². The molecular weight excluding hydrogens is 221 g/mol. The molecule has 4 nitrogen and oxygen atoms in total. The van der Waals surface area contributed by atoms with Gasteiger partial charge >= 0.3 is 0 Å². The maximum Gasteiger partial charge on any atom is 0.266 e. The van der Waals surface area contributed by atoms with Crippen molar-refractivity contribution < 1.29 is 4.39 Å². The highest BCUT2D eigenvalue weighted by molar-refractivity contribution is 5.38. The molecule has 1 heterocycles. The minimum absolute atomic E-state index is 0.236. The van der Waals surface area contributed by atoms with Crippen molar-refractivity contribution in [2.24, 2.45) is 0 Å². The number of hydrogen-bond donors (Lipinski definition) is 2. The maximum absolute atomic E-state index is 12.9. The number of nitrogens with one attached hydrogen (secondary N) is 2. The first-order chi connectivity index (χ1) is 8.24. The molecule has 0 saturated heterocycles. The van der Waals surface area contributed by atoms with Crippen molar-refractivity contribution in [1.82, 2.24) is 10.2 Å². The van der Waals surface area contributed by atoms with Crippen LogP contribution in [0, 0.1) is 5.82 Å². The van der Waals surface area contributed by atoms with Crippen molar-refractivity contribution in [3.63, 3.8) is 0 Å². The quantitative estimate of drug-likeness (QED) is 0.842. The van der Waals surface area contributed by atoms with Crippen LogP contribution in [0.3, 0.4) is 0 Å². The molecule has 0 saturated carbocycles. The van der Waals surface area contributed by atoms with Crippen molar-refractivity contribution in [1.29, 1.82) is 0 Å². The van der Waals surface area contributed by atoms with Gasteiger partial charge in [0.1, 0.15) is 5.82 Å². The van der Waals surface area contributed by atoms with Crippen LogP contribution in [0.2, 0.25) is 0 Å². The summed E-state index contributed by atoms with van der Waals surface area (Å²) in [6.45, 7) is 0.620. The molecule has 17 heavy (non-hydrogen) atoms. The van der Waals surface area contributed by atoms with Crippen molar-refractivity contribution in [3.05, 3.63) is 58.3 Å². The second-order valence-electron chi connectivity index (χ2n) is 3.64. The van der Waals surface area contributed by atoms with E-state index < -0.39 is 0 Å². The van der Waals surface area contributed by atoms with Gasteiger partial charge in [-0.25, -0.2) is 9.49 Å². The highest BCUT2D eigenvalue weighted by Crippen LogP contribution is 2.05. The lowest BCUT2D eigenvalue weighted by atomic mass is 10.1. The molecule has 5 heteroatoms. The zero-order valence-electron chi connectivity index (χ0n) is 9.11. The van der Waals surface area contributed by atoms with E-state index in [0.29, 0.717) is 18.7 Å². The summed E-state index contributed by atoms with van der Waals surface area (Å²) < 4.78 is 12.9. The molecule has 1 aromatic carbocycles. The van der Waals surface area contributed by atoms with Gasteiger partial charge in [0, 0.05) is 12.6 Å². The summed E-state index contributed by atoms with van der Waals surface area (Å²) in [5.74, 6) is -0.236. The molecule has 0 spiro atoms. The predicted molar refractivity (Wildman–Crippen MR) is 63.5 cm³/mol. The Kier molecular flexibility index (Phi) is 3.49. The number of anilines is 1. The van der Waals surface area contributed by atoms with Crippen LogP contribution in [0.15, 0.2) is 41.3 Å². The Balaban J connectivity index is 1.90. The molecule has 0 bridgehead atoms. The first-order valence-corrected chi connectivity index (χ1v) is 5.27. The Morgan fingerprint density at radius 3 is 3.00 bits per heavy atom. The molecular formula is C12H12FN3O. The lowest BCUT2D eigenvalue weighted by Gasteiger charge is -2.05. The predicted octanol–water partition coefficient (Wildman–Crippen LogP) is 1.56. The molecule has 2 N–H and O–H groups in total. The first kappa shape index (κ1) is 11.3. The molecule has 88 valence electrons. The van der Waals surface area contributed by atoms with Crippen LogP contribution < -0.4 is 10.9 Å². The Labute approximate surface area is 97.5 Å². The molecule has 0 atom stereocenters. The summed E-state index contributed by atoms with van der Waals surface area (Å²) in [6.07, 6.45) is 2.22. The summed E-state index contributed by atoms with van der Waals surface area (Å²) in [7, 11) is 0. The second kappa shape index (κ2) is 5.25. The number of aromatic amines is 1. The van der Waals surface area contributed by atoms with Gasteiger partial charge in [0.05, 0.1) is 11.9 Å². The van der Waals surface area contributed by atoms with Gasteiger partial charge in [-0.1, -0.05) is 12.1 Å². The molecule has 0 aliphatic carbocycles. The fourth-order valence-corrected chi connectivity index (χ4v) is 1.52. The van der Waals surface area contributed by atoms with E-state index in [0.717, 1.165) is 5.56 Å². The van der Waals surface area contributed by atoms with Crippen molar-refractivity contribution in [3.8, 4) is 0 Å². The van der Waals surface area contributed by atoms with E-state index in [1.165, 1.54) is 24.4 Å². The normalized spacial score (nSPS) is 10.2. The van der Waals surface area contributed by atoms with Gasteiger partial charge in [-0.3, -0.25) is 4.79 Å². The smallest absolute Gasteiger partial charge is 0.266 e. The first-order valence-electron chi connectivity index (χ1n) is 5.27. The highest BCUT2D eigenvalue weighted by atomic mass is 19.1. The van der Waals surface area contributed by atoms with E-state index >= 15 is 0 Å². The number of benzene rings is 1. The van der Waals surface area contributed by atoms with Gasteiger partial charge in [-0.05, 0) is 24.1 Å². The summed E-state index contributed by atoms with van der Waals surface area (Å²) >= 11 is 0. The largest absolute Gasteiger partial charge is 0.383 e. The van der Waals surface area contributed by atoms with E-state index in [2.05, 4.69) is 15.5 Å². The van der Waals surface area contributed by atoms with Crippen molar-refractivity contribution >= 4 is 5.69 Å². The molecule has 0 unspecified atom stereocenters. The van der Waals surface area contributed by atoms with Crippen LogP contribution in [0.1, 0.15) is 5.56 Å². The fourth-order valence-electron chi connectivity index (χ4n) is 1.52. The topological polar surface area (TPSA) is 57.8 Å². The van der Waals surface area contributed by atoms with Crippen LogP contribution in [0.4, 0.5) is 10.1 Å². The molecule has 2 rings (SSSR count). The zero-order valence-corrected chi connectivity index (χ0v) is 9.11. The van der Waals surface area contributed by atoms with Gasteiger partial charge < -0.3 is 5.32 Å². The van der Waals surface area contributed by atoms with Crippen molar-refractivity contribution in [2.45, 2.75) is 6.42 Å². The molecule has 2 aromatic rings. The van der Waals surface area contributed by atoms with Crippen molar-refractivity contribution in [2.75, 3.05) is 11.9 Å². The number of H-pyrrole nitrogens is 1. The van der Waals surface area contributed by atoms with Crippen LogP contribution in [-0.4, -0.2) is 16.7 Å². The van der Waals surface area contributed by atoms with Crippen LogP contribution in [0.25, 0.3) is 0 Å². The average Bonchev–Trinajstić information content (AvgIpc) is 2.29. The minimum Gasteiger partial charge on any atom is -0.383 e. The van der Waals surface area contributed by atoms with Crippen LogP contribution >= 0.6 is 0 Å². The molecule has 1 aromatic heterocycles. The summed E-state index contributed by atoms with van der Waals surface area (Å²) in [5, 5.41) is 9.00. The van der Waals surface area contributed by atoms with E-state index in [1.54, 1.807) is 6.07 Å². The highest BCUT2D eigenvalue weighted by Gasteiger charge is 1.96. The molecule has 0 radical (unpaired) electrons. The zero-order chi connectivity index (χ0) is 12.1. The second-order valence-corrected chi connectivity index (χ2v) is 3.64. The van der Waals surface area contributed by atoms with E-state index in [9.17, 15) is 9.18 Å². The lowest BCUT2D eigenvalue weighted by Crippen LogP contribution is -2.11. The average molecular weight is 233 g/mol. The summed E-state index contributed by atoms with van der Waals surface area (Å²) in [5.41, 5.74) is 1.32. The number of hydrogen-bond acceptors (Lipinski definition) is 3. The Bertz CT molecular complexity index is 553. The molecule has 0 aliphatic rings. The maximum atomic E-state index is 12.9. The van der Waals surface area contributed by atoms with E-state index in [-0.39, 0.29) is 11.4 Å². The Hall–Kier alpha value is -2.17. The SMILES string of the molecule is O=c1cc(NCCc2cccc(F)c2)cn[nH]1. The third-order valence-corrected chi connectivity index (χ3v) is 2.30. The number of aromatic nitrogens is 2. The van der Waals surface area contributed by atoms with Gasteiger partial charge in [-0.15, -0.1) is 0 Å². The van der Waals surface area contributed by atoms with E-state index in [1.807, 2.05) is 6.07 Å².